The van der Waals surface area contributed by atoms with Crippen molar-refractivity contribution in [1.29, 1.82) is 0 Å². The Morgan fingerprint density at radius 1 is 0.900 bits per heavy atom. The highest BCUT2D eigenvalue weighted by Gasteiger charge is 2.60. The van der Waals surface area contributed by atoms with E-state index in [1.165, 1.54) is 6.07 Å². The Kier molecular flexibility index (Phi) is 3.73. The highest BCUT2D eigenvalue weighted by molar-refractivity contribution is 6.42. The van der Waals surface area contributed by atoms with Crippen molar-refractivity contribution in [2.45, 2.75) is 6.04 Å². The third kappa shape index (κ3) is 2.24. The number of rotatable bonds is 3. The molecule has 1 aliphatic carbocycles. The molecular formula is C22H14N2O6. The van der Waals surface area contributed by atoms with Gasteiger partial charge in [0, 0.05) is 11.1 Å². The average molecular weight is 402 g/mol. The number of aliphatic imine (C=N–C) groups is 1. The fraction of sp³-hybridized carbons (Fsp3) is 0.136. The zero-order valence-electron chi connectivity index (χ0n) is 15.4. The summed E-state index contributed by atoms with van der Waals surface area (Å²) < 4.78 is 0. The van der Waals surface area contributed by atoms with Crippen molar-refractivity contribution >= 4 is 40.7 Å². The van der Waals surface area contributed by atoms with E-state index in [4.69, 9.17) is 0 Å². The zero-order chi connectivity index (χ0) is 21.2. The lowest BCUT2D eigenvalue weighted by molar-refractivity contribution is -0.141. The monoisotopic (exact) mass is 402 g/mol. The van der Waals surface area contributed by atoms with Gasteiger partial charge < -0.3 is 10.2 Å². The number of carbonyl (C=O) groups excluding carboxylic acids is 3. The number of Topliss-reactive ketones (excluding diaryl/α,β-unsaturated/α-hetero) is 1. The number of aliphatic hydroxyl groups is 1. The van der Waals surface area contributed by atoms with Gasteiger partial charge in [-0.1, -0.05) is 42.5 Å². The number of carbonyl (C=O) groups is 4. The lowest BCUT2D eigenvalue weighted by Crippen LogP contribution is -2.35. The van der Waals surface area contributed by atoms with E-state index in [9.17, 15) is 29.4 Å². The molecule has 30 heavy (non-hydrogen) atoms. The van der Waals surface area contributed by atoms with Crippen LogP contribution >= 0.6 is 0 Å². The number of anilines is 1. The Hall–Kier alpha value is -4.07. The minimum absolute atomic E-state index is 0.150. The number of para-hydroxylation sites is 1. The zero-order valence-corrected chi connectivity index (χ0v) is 15.4. The lowest BCUT2D eigenvalue weighted by Gasteiger charge is -2.16. The first-order chi connectivity index (χ1) is 14.4. The summed E-state index contributed by atoms with van der Waals surface area (Å²) in [5, 5.41) is 20.3. The number of benzene rings is 2. The number of ketones is 1. The number of allylic oxidation sites excluding steroid dienone is 1. The maximum absolute atomic E-state index is 13.2. The van der Waals surface area contributed by atoms with Crippen LogP contribution in [0.25, 0.3) is 5.76 Å². The largest absolute Gasteiger partial charge is 0.506 e. The summed E-state index contributed by atoms with van der Waals surface area (Å²) in [6.45, 7) is 0. The van der Waals surface area contributed by atoms with Gasteiger partial charge in [-0.25, -0.2) is 9.69 Å². The summed E-state index contributed by atoms with van der Waals surface area (Å²) in [7, 11) is 0. The van der Waals surface area contributed by atoms with Gasteiger partial charge in [-0.15, -0.1) is 0 Å². The molecule has 2 amide bonds. The van der Waals surface area contributed by atoms with Crippen LogP contribution in [0.3, 0.4) is 0 Å². The second-order valence-electron chi connectivity index (χ2n) is 7.25. The van der Waals surface area contributed by atoms with Gasteiger partial charge in [-0.05, 0) is 12.1 Å². The van der Waals surface area contributed by atoms with Crippen LogP contribution in [-0.2, 0) is 14.4 Å². The van der Waals surface area contributed by atoms with Crippen LogP contribution in [0, 0.1) is 11.8 Å². The van der Waals surface area contributed by atoms with Crippen molar-refractivity contribution < 1.29 is 29.4 Å². The molecule has 1 saturated heterocycles. The molecule has 0 bridgehead atoms. The van der Waals surface area contributed by atoms with Crippen molar-refractivity contribution in [2.75, 3.05) is 4.90 Å². The summed E-state index contributed by atoms with van der Waals surface area (Å²) in [5.74, 6) is -6.17. The highest BCUT2D eigenvalue weighted by Crippen LogP contribution is 2.44. The molecule has 0 aromatic heterocycles. The summed E-state index contributed by atoms with van der Waals surface area (Å²) in [6.07, 6.45) is 0. The number of nitrogens with zero attached hydrogens (tertiary/aromatic N) is 2. The van der Waals surface area contributed by atoms with Crippen molar-refractivity contribution in [3.63, 3.8) is 0 Å². The molecule has 0 unspecified atom stereocenters. The number of amides is 2. The van der Waals surface area contributed by atoms with E-state index in [-0.39, 0.29) is 28.2 Å². The van der Waals surface area contributed by atoms with Gasteiger partial charge in [0.05, 0.1) is 28.8 Å². The molecule has 1 fully saturated rings. The van der Waals surface area contributed by atoms with Gasteiger partial charge in [0.1, 0.15) is 5.76 Å². The molecule has 3 atom stereocenters. The van der Waals surface area contributed by atoms with Crippen LogP contribution in [0.1, 0.15) is 15.9 Å². The van der Waals surface area contributed by atoms with Crippen molar-refractivity contribution in [3.8, 4) is 0 Å². The molecule has 3 aliphatic rings. The molecule has 2 N–H and O–H groups in total. The molecule has 0 spiro atoms. The maximum atomic E-state index is 13.2. The van der Waals surface area contributed by atoms with E-state index in [0.717, 1.165) is 4.90 Å². The molecule has 0 saturated carbocycles. The predicted molar refractivity (Wildman–Crippen MR) is 105 cm³/mol. The van der Waals surface area contributed by atoms with Crippen LogP contribution in [-0.4, -0.2) is 45.5 Å². The quantitative estimate of drug-likeness (QED) is 0.755. The Balaban J connectivity index is 1.65. The Morgan fingerprint density at radius 3 is 2.17 bits per heavy atom. The van der Waals surface area contributed by atoms with Gasteiger partial charge in [0.15, 0.2) is 11.8 Å². The van der Waals surface area contributed by atoms with Crippen LogP contribution < -0.4 is 4.90 Å². The Labute approximate surface area is 169 Å². The van der Waals surface area contributed by atoms with E-state index in [2.05, 4.69) is 4.99 Å². The van der Waals surface area contributed by atoms with Gasteiger partial charge in [-0.2, -0.15) is 0 Å². The minimum atomic E-state index is -1.52. The van der Waals surface area contributed by atoms with Crippen molar-refractivity contribution in [1.82, 2.24) is 0 Å². The van der Waals surface area contributed by atoms with Crippen LogP contribution in [0.15, 0.2) is 65.2 Å². The van der Waals surface area contributed by atoms with Crippen molar-refractivity contribution in [2.24, 2.45) is 16.8 Å². The lowest BCUT2D eigenvalue weighted by atomic mass is 9.85. The highest BCUT2D eigenvalue weighted by atomic mass is 16.4. The van der Waals surface area contributed by atoms with E-state index in [0.29, 0.717) is 5.69 Å². The number of fused-ring (bicyclic) bond motifs is 2. The number of aliphatic carboxylic acids is 1. The summed E-state index contributed by atoms with van der Waals surface area (Å²) in [6, 6.07) is 13.0. The fourth-order valence-corrected chi connectivity index (χ4v) is 4.37. The van der Waals surface area contributed by atoms with Gasteiger partial charge in [-0.3, -0.25) is 19.4 Å². The number of aliphatic hydroxyl groups excluding tert-OH is 1. The number of imide groups is 1. The summed E-state index contributed by atoms with van der Waals surface area (Å²) >= 11 is 0. The third-order valence-corrected chi connectivity index (χ3v) is 5.68. The molecule has 2 aliphatic heterocycles. The van der Waals surface area contributed by atoms with E-state index >= 15 is 0 Å². The molecular weight excluding hydrogens is 388 g/mol. The summed E-state index contributed by atoms with van der Waals surface area (Å²) in [5.41, 5.74) is 0.463. The molecule has 2 aromatic carbocycles. The predicted octanol–water partition coefficient (Wildman–Crippen LogP) is 1.87. The van der Waals surface area contributed by atoms with Crippen LogP contribution in [0.4, 0.5) is 5.69 Å². The number of carboxylic acid groups (broad SMARTS) is 1. The normalized spacial score (nSPS) is 24.9. The SMILES string of the molecule is O=C1C(C2=N[C@@H](C(=O)O)[C@@H]3C(=O)N(c4ccccc4)C(=O)[C@H]23)=C(O)c2ccccc21. The second kappa shape index (κ2) is 6.21. The first kappa shape index (κ1) is 18.0. The maximum Gasteiger partial charge on any atom is 0.329 e. The van der Waals surface area contributed by atoms with E-state index in [1.807, 2.05) is 0 Å². The first-order valence-electron chi connectivity index (χ1n) is 9.23. The Bertz CT molecular complexity index is 1210. The fourth-order valence-electron chi connectivity index (χ4n) is 4.37. The topological polar surface area (TPSA) is 124 Å². The van der Waals surface area contributed by atoms with E-state index < -0.39 is 41.4 Å². The first-order valence-corrected chi connectivity index (χ1v) is 9.23. The minimum Gasteiger partial charge on any atom is -0.506 e. The molecule has 5 rings (SSSR count). The smallest absolute Gasteiger partial charge is 0.329 e. The molecule has 148 valence electrons. The number of carboxylic acids is 1. The molecule has 8 heteroatoms. The van der Waals surface area contributed by atoms with E-state index in [1.54, 1.807) is 48.5 Å². The van der Waals surface area contributed by atoms with Gasteiger partial charge in [0.2, 0.25) is 11.8 Å². The summed E-state index contributed by atoms with van der Waals surface area (Å²) in [4.78, 5) is 56.1. The second-order valence-corrected chi connectivity index (χ2v) is 7.25. The van der Waals surface area contributed by atoms with Crippen LogP contribution in [0.2, 0.25) is 0 Å². The number of hydrogen-bond acceptors (Lipinski definition) is 6. The molecule has 8 nitrogen and oxygen atoms in total. The number of hydrogen-bond donors (Lipinski definition) is 2. The van der Waals surface area contributed by atoms with Gasteiger partial charge >= 0.3 is 5.97 Å². The average Bonchev–Trinajstić information content (AvgIpc) is 3.33. The Morgan fingerprint density at radius 2 is 1.53 bits per heavy atom. The molecule has 2 heterocycles. The van der Waals surface area contributed by atoms with Gasteiger partial charge in [0.25, 0.3) is 0 Å². The molecule has 2 aromatic rings. The third-order valence-electron chi connectivity index (χ3n) is 5.68. The molecule has 0 radical (unpaired) electrons. The standard InChI is InChI=1S/C22H14N2O6/c25-18-11-8-4-5-9-12(11)19(26)15(18)16-13-14(17(23-16)22(29)30)21(28)24(20(13)27)10-6-2-1-3-7-10/h1-9,13-14,17,25H,(H,29,30)/t13-,14+,17+/m0/s1. The van der Waals surface area contributed by atoms with Crippen LogP contribution in [0.5, 0.6) is 0 Å². The van der Waals surface area contributed by atoms with Crippen molar-refractivity contribution in [3.05, 3.63) is 71.3 Å².